The number of nitrogens with zero attached hydrogens (tertiary/aromatic N) is 1. The van der Waals surface area contributed by atoms with Crippen LogP contribution < -0.4 is 0 Å². The number of aromatic nitrogens is 1. The maximum Gasteiger partial charge on any atom is 0.191 e. The van der Waals surface area contributed by atoms with E-state index in [1.807, 2.05) is 31.2 Å². The molecule has 0 saturated carbocycles. The number of benzene rings is 1. The highest BCUT2D eigenvalue weighted by molar-refractivity contribution is 6.30. The zero-order valence-corrected chi connectivity index (χ0v) is 8.58. The lowest BCUT2D eigenvalue weighted by molar-refractivity contribution is 0.483. The van der Waals surface area contributed by atoms with Gasteiger partial charge in [0, 0.05) is 18.4 Å². The van der Waals surface area contributed by atoms with Gasteiger partial charge in [-0.1, -0.05) is 23.7 Å². The summed E-state index contributed by atoms with van der Waals surface area (Å²) in [5, 5.41) is 0.752. The quantitative estimate of drug-likeness (QED) is 0.756. The molecule has 0 aliphatic heterocycles. The molecular weight excluding hydrogens is 198 g/mol. The smallest absolute Gasteiger partial charge is 0.191 e. The van der Waals surface area contributed by atoms with Crippen molar-refractivity contribution in [3.63, 3.8) is 0 Å². The average molecular weight is 208 g/mol. The number of hydrogen-bond donors (Lipinski definition) is 0. The van der Waals surface area contributed by atoms with Crippen molar-refractivity contribution < 1.29 is 4.42 Å². The van der Waals surface area contributed by atoms with Crippen molar-refractivity contribution in [3.8, 4) is 0 Å². The molecule has 1 aromatic carbocycles. The summed E-state index contributed by atoms with van der Waals surface area (Å²) in [6, 6.07) is 7.72. The normalized spacial score (nSPS) is 10.4. The first-order valence-electron chi connectivity index (χ1n) is 4.40. The molecule has 0 unspecified atom stereocenters. The predicted octanol–water partition coefficient (Wildman–Crippen LogP) is 3.23. The van der Waals surface area contributed by atoms with E-state index in [0.717, 1.165) is 17.2 Å². The van der Waals surface area contributed by atoms with E-state index in [9.17, 15) is 0 Å². The zero-order chi connectivity index (χ0) is 9.97. The fourth-order valence-electron chi connectivity index (χ4n) is 1.29. The van der Waals surface area contributed by atoms with Crippen molar-refractivity contribution in [2.24, 2.45) is 0 Å². The summed E-state index contributed by atoms with van der Waals surface area (Å²) in [5.74, 6) is 1.58. The molecule has 0 bridgehead atoms. The van der Waals surface area contributed by atoms with E-state index in [0.29, 0.717) is 5.89 Å². The second kappa shape index (κ2) is 3.84. The number of hydrogen-bond acceptors (Lipinski definition) is 2. The molecule has 0 saturated heterocycles. The first-order chi connectivity index (χ1) is 6.74. The third kappa shape index (κ3) is 2.15. The van der Waals surface area contributed by atoms with Crippen LogP contribution in [0.5, 0.6) is 0 Å². The third-order valence-corrected chi connectivity index (χ3v) is 2.21. The van der Waals surface area contributed by atoms with E-state index in [4.69, 9.17) is 16.0 Å². The van der Waals surface area contributed by atoms with Crippen LogP contribution in [-0.2, 0) is 6.42 Å². The van der Waals surface area contributed by atoms with Crippen LogP contribution in [0, 0.1) is 6.92 Å². The van der Waals surface area contributed by atoms with Gasteiger partial charge in [-0.25, -0.2) is 4.98 Å². The minimum Gasteiger partial charge on any atom is -0.446 e. The van der Waals surface area contributed by atoms with E-state index >= 15 is 0 Å². The average Bonchev–Trinajstić information content (AvgIpc) is 2.56. The lowest BCUT2D eigenvalue weighted by Crippen LogP contribution is -1.84. The fraction of sp³-hybridized carbons (Fsp3) is 0.182. The van der Waals surface area contributed by atoms with Crippen LogP contribution in [0.15, 0.2) is 34.9 Å². The highest BCUT2D eigenvalue weighted by atomic mass is 35.5. The van der Waals surface area contributed by atoms with Gasteiger partial charge >= 0.3 is 0 Å². The van der Waals surface area contributed by atoms with Crippen LogP contribution in [0.1, 0.15) is 17.2 Å². The van der Waals surface area contributed by atoms with E-state index in [1.54, 1.807) is 6.20 Å². The number of aryl methyl sites for hydroxylation is 1. The largest absolute Gasteiger partial charge is 0.446 e. The monoisotopic (exact) mass is 207 g/mol. The lowest BCUT2D eigenvalue weighted by Gasteiger charge is -1.97. The van der Waals surface area contributed by atoms with Gasteiger partial charge in [0.15, 0.2) is 5.89 Å². The van der Waals surface area contributed by atoms with E-state index in [-0.39, 0.29) is 0 Å². The van der Waals surface area contributed by atoms with E-state index in [1.165, 1.54) is 5.56 Å². The Morgan fingerprint density at radius 3 is 2.57 bits per heavy atom. The van der Waals surface area contributed by atoms with Gasteiger partial charge in [0.25, 0.3) is 0 Å². The van der Waals surface area contributed by atoms with Crippen molar-refractivity contribution >= 4 is 11.6 Å². The van der Waals surface area contributed by atoms with Gasteiger partial charge in [-0.3, -0.25) is 0 Å². The molecule has 2 rings (SSSR count). The molecule has 0 aliphatic carbocycles. The van der Waals surface area contributed by atoms with E-state index < -0.39 is 0 Å². The van der Waals surface area contributed by atoms with Gasteiger partial charge < -0.3 is 4.42 Å². The highest BCUT2D eigenvalue weighted by Crippen LogP contribution is 2.13. The number of rotatable bonds is 2. The van der Waals surface area contributed by atoms with Crippen LogP contribution in [-0.4, -0.2) is 4.98 Å². The molecule has 3 heteroatoms. The molecule has 1 heterocycles. The molecule has 1 aromatic heterocycles. The molecule has 0 aliphatic rings. The standard InChI is InChI=1S/C11H10ClNO/c1-8-13-7-11(14-8)6-9-2-4-10(12)5-3-9/h2-5,7H,6H2,1H3. The molecule has 2 aromatic rings. The second-order valence-corrected chi connectivity index (χ2v) is 3.59. The Bertz CT molecular complexity index is 419. The molecule has 0 amide bonds. The molecule has 0 atom stereocenters. The van der Waals surface area contributed by atoms with Gasteiger partial charge in [-0.2, -0.15) is 0 Å². The maximum absolute atomic E-state index is 5.78. The highest BCUT2D eigenvalue weighted by Gasteiger charge is 2.01. The molecule has 2 nitrogen and oxygen atoms in total. The number of oxazole rings is 1. The molecule has 72 valence electrons. The Kier molecular flexibility index (Phi) is 2.55. The predicted molar refractivity (Wildman–Crippen MR) is 55.5 cm³/mol. The molecule has 0 N–H and O–H groups in total. The summed E-state index contributed by atoms with van der Waals surface area (Å²) in [4.78, 5) is 4.04. The van der Waals surface area contributed by atoms with Crippen molar-refractivity contribution in [2.45, 2.75) is 13.3 Å². The number of halogens is 1. The van der Waals surface area contributed by atoms with Crippen LogP contribution in [0.4, 0.5) is 0 Å². The second-order valence-electron chi connectivity index (χ2n) is 3.15. The third-order valence-electron chi connectivity index (χ3n) is 1.96. The Balaban J connectivity index is 2.15. The van der Waals surface area contributed by atoms with Gasteiger partial charge in [-0.15, -0.1) is 0 Å². The molecular formula is C11H10ClNO. The Morgan fingerprint density at radius 2 is 2.00 bits per heavy atom. The lowest BCUT2D eigenvalue weighted by atomic mass is 10.1. The summed E-state index contributed by atoms with van der Waals surface area (Å²) >= 11 is 5.78. The van der Waals surface area contributed by atoms with Gasteiger partial charge in [0.2, 0.25) is 0 Å². The van der Waals surface area contributed by atoms with Gasteiger partial charge in [0.1, 0.15) is 5.76 Å². The van der Waals surface area contributed by atoms with Crippen LogP contribution in [0.3, 0.4) is 0 Å². The minimum absolute atomic E-state index is 0.703. The molecule has 0 radical (unpaired) electrons. The fourth-order valence-corrected chi connectivity index (χ4v) is 1.42. The van der Waals surface area contributed by atoms with Crippen LogP contribution in [0.2, 0.25) is 5.02 Å². The molecule has 14 heavy (non-hydrogen) atoms. The van der Waals surface area contributed by atoms with E-state index in [2.05, 4.69) is 4.98 Å². The van der Waals surface area contributed by atoms with Crippen molar-refractivity contribution in [2.75, 3.05) is 0 Å². The molecule has 0 spiro atoms. The molecule has 0 fully saturated rings. The Morgan fingerprint density at radius 1 is 1.29 bits per heavy atom. The Labute approximate surface area is 87.5 Å². The minimum atomic E-state index is 0.703. The first-order valence-corrected chi connectivity index (χ1v) is 4.77. The van der Waals surface area contributed by atoms with Crippen LogP contribution >= 0.6 is 11.6 Å². The summed E-state index contributed by atoms with van der Waals surface area (Å²) in [6.45, 7) is 1.84. The van der Waals surface area contributed by atoms with Crippen molar-refractivity contribution in [1.29, 1.82) is 0 Å². The van der Waals surface area contributed by atoms with Gasteiger partial charge in [-0.05, 0) is 17.7 Å². The van der Waals surface area contributed by atoms with Crippen molar-refractivity contribution in [3.05, 3.63) is 52.7 Å². The summed E-state index contributed by atoms with van der Waals surface area (Å²) in [5.41, 5.74) is 1.17. The SMILES string of the molecule is Cc1ncc(Cc2ccc(Cl)cc2)o1. The Hall–Kier alpha value is -1.28. The summed E-state index contributed by atoms with van der Waals surface area (Å²) < 4.78 is 5.37. The summed E-state index contributed by atoms with van der Waals surface area (Å²) in [7, 11) is 0. The van der Waals surface area contributed by atoms with Gasteiger partial charge in [0.05, 0.1) is 6.20 Å². The summed E-state index contributed by atoms with van der Waals surface area (Å²) in [6.07, 6.45) is 2.52. The zero-order valence-electron chi connectivity index (χ0n) is 7.83. The first kappa shape index (κ1) is 9.28. The topological polar surface area (TPSA) is 26.0 Å². The van der Waals surface area contributed by atoms with Crippen molar-refractivity contribution in [1.82, 2.24) is 4.98 Å². The van der Waals surface area contributed by atoms with Crippen LogP contribution in [0.25, 0.3) is 0 Å². The maximum atomic E-state index is 5.78.